The van der Waals surface area contributed by atoms with E-state index in [1.807, 2.05) is 0 Å². The van der Waals surface area contributed by atoms with Gasteiger partial charge in [0.1, 0.15) is 0 Å². The van der Waals surface area contributed by atoms with E-state index in [1.165, 1.54) is 0 Å². The molecule has 0 aromatic heterocycles. The number of hydrogen-bond donors (Lipinski definition) is 0. The standard InChI is InChI=1S/Al.6ClO.Fe/c;6*1-2;/q+3;6*-1;+3. The third-order valence-corrected chi connectivity index (χ3v) is 0. The Balaban J connectivity index is -0.00000000500. The second kappa shape index (κ2) is 506. The van der Waals surface area contributed by atoms with Gasteiger partial charge in [0.05, 0.1) is 0 Å². The second-order valence-corrected chi connectivity index (χ2v) is 0. The Morgan fingerprint density at radius 1 is 0.357 bits per heavy atom. The molecule has 0 aromatic carbocycles. The van der Waals surface area contributed by atoms with Gasteiger partial charge in [0.2, 0.25) is 0 Å². The molecule has 0 rings (SSSR count). The predicted molar refractivity (Wildman–Crippen MR) is 40.9 cm³/mol. The molecule has 0 N–H and O–H groups in total. The predicted octanol–water partition coefficient (Wildman–Crippen LogP) is -3.38. The Morgan fingerprint density at radius 2 is 0.357 bits per heavy atom. The summed E-state index contributed by atoms with van der Waals surface area (Å²) in [7, 11) is 0. The van der Waals surface area contributed by atoms with Crippen molar-refractivity contribution in [2.45, 2.75) is 0 Å². The minimum atomic E-state index is 0. The molecule has 0 spiro atoms. The van der Waals surface area contributed by atoms with Gasteiger partial charge in [-0.25, -0.2) is 71.2 Å². The summed E-state index contributed by atoms with van der Waals surface area (Å²) in [5.41, 5.74) is 0. The van der Waals surface area contributed by atoms with Crippen molar-refractivity contribution >= 4 is 88.6 Å². The van der Waals surface area contributed by atoms with Gasteiger partial charge < -0.3 is 28.0 Å². The summed E-state index contributed by atoms with van der Waals surface area (Å²) in [4.78, 5) is 0. The Hall–Kier alpha value is 2.55. The zero-order valence-corrected chi connectivity index (χ0v) is 12.4. The maximum absolute atomic E-state index is 7.72. The summed E-state index contributed by atoms with van der Waals surface area (Å²) in [6.07, 6.45) is 0. The summed E-state index contributed by atoms with van der Waals surface area (Å²) < 4.78 is 46.3. The van der Waals surface area contributed by atoms with Crippen LogP contribution in [0.3, 0.4) is 0 Å². The van der Waals surface area contributed by atoms with Gasteiger partial charge in [-0.15, -0.1) is 0 Å². The quantitative estimate of drug-likeness (QED) is 0.395. The molecule has 14 heteroatoms. The van der Waals surface area contributed by atoms with E-state index in [0.717, 1.165) is 0 Å². The summed E-state index contributed by atoms with van der Waals surface area (Å²) in [5.74, 6) is 0. The average molecular weight is 392 g/mol. The average Bonchev–Trinajstić information content (AvgIpc) is 2.33. The molecule has 0 unspecified atom stereocenters. The topological polar surface area (TPSA) is 138 Å². The number of hydrogen-bond acceptors (Lipinski definition) is 6. The van der Waals surface area contributed by atoms with Crippen LogP contribution >= 0.6 is 71.2 Å². The van der Waals surface area contributed by atoms with Gasteiger partial charge in [-0.05, 0) is 0 Å². The van der Waals surface area contributed by atoms with Gasteiger partial charge in [-0.1, -0.05) is 0 Å². The van der Waals surface area contributed by atoms with Crippen LogP contribution in [-0.2, 0) is 17.1 Å². The molecule has 0 aliphatic carbocycles. The maximum atomic E-state index is 7.72. The molecule has 0 aliphatic rings. The van der Waals surface area contributed by atoms with Crippen LogP contribution in [-0.4, -0.2) is 17.4 Å². The molecule has 0 aromatic rings. The van der Waals surface area contributed by atoms with Crippen LogP contribution in [0.2, 0.25) is 0 Å². The van der Waals surface area contributed by atoms with E-state index >= 15 is 0 Å². The van der Waals surface area contributed by atoms with Crippen LogP contribution in [0.5, 0.6) is 0 Å². The van der Waals surface area contributed by atoms with Crippen LogP contribution in [0.4, 0.5) is 0 Å². The monoisotopic (exact) mass is 389 g/mol. The summed E-state index contributed by atoms with van der Waals surface area (Å²) >= 11 is 20.3. The molecule has 89 valence electrons. The SMILES string of the molecule is [Al+3].[Fe+3].[O-]Cl.[O-]Cl.[O-]Cl.[O-]Cl.[O-]Cl.[O-]Cl. The van der Waals surface area contributed by atoms with Gasteiger partial charge in [0.25, 0.3) is 0 Å². The molecule has 0 amide bonds. The minimum absolute atomic E-state index is 0. The van der Waals surface area contributed by atoms with Crippen molar-refractivity contribution in [3.05, 3.63) is 0 Å². The van der Waals surface area contributed by atoms with Crippen LogP contribution in [0, 0.1) is 0 Å². The van der Waals surface area contributed by atoms with Crippen LogP contribution in [0.15, 0.2) is 0 Å². The van der Waals surface area contributed by atoms with Gasteiger partial charge in [0, 0.05) is 0 Å². The van der Waals surface area contributed by atoms with Gasteiger partial charge in [0.15, 0.2) is 0 Å². The van der Waals surface area contributed by atoms with Crippen molar-refractivity contribution in [2.24, 2.45) is 0 Å². The Labute approximate surface area is 132 Å². The fourth-order valence-corrected chi connectivity index (χ4v) is 0. The molecule has 0 saturated carbocycles. The number of halogens is 6. The molecule has 0 saturated heterocycles. The molecule has 0 atom stereocenters. The third kappa shape index (κ3) is 410. The molecule has 0 bridgehead atoms. The molecule has 0 fully saturated rings. The first-order valence-corrected chi connectivity index (χ1v) is 2.78. The van der Waals surface area contributed by atoms with Crippen molar-refractivity contribution < 1.29 is 45.0 Å². The Kier molecular flexibility index (Phi) is 1980. The van der Waals surface area contributed by atoms with E-state index in [1.54, 1.807) is 0 Å². The molecular weight excluding hydrogens is 392 g/mol. The largest absolute Gasteiger partial charge is 3.00 e. The number of rotatable bonds is 0. The van der Waals surface area contributed by atoms with Crippen molar-refractivity contribution in [1.29, 1.82) is 0 Å². The fraction of sp³-hybridized carbons (Fsp3) is 0. The molecule has 0 aliphatic heterocycles. The van der Waals surface area contributed by atoms with E-state index in [2.05, 4.69) is 71.2 Å². The summed E-state index contributed by atoms with van der Waals surface area (Å²) in [6.45, 7) is 0. The van der Waals surface area contributed by atoms with Crippen LogP contribution < -0.4 is 28.0 Å². The van der Waals surface area contributed by atoms with Crippen molar-refractivity contribution in [1.82, 2.24) is 0 Å². The second-order valence-electron chi connectivity index (χ2n) is 0. The van der Waals surface area contributed by atoms with E-state index < -0.39 is 0 Å². The zero-order valence-electron chi connectivity index (χ0n) is 5.65. The van der Waals surface area contributed by atoms with Gasteiger partial charge in [-0.3, -0.25) is 0 Å². The van der Waals surface area contributed by atoms with Crippen molar-refractivity contribution in [3.8, 4) is 0 Å². The zero-order chi connectivity index (χ0) is 12.0. The Bertz CT molecular complexity index is 22.3. The molecular formula is AlCl6FeO6. The van der Waals surface area contributed by atoms with E-state index in [4.69, 9.17) is 28.0 Å². The Morgan fingerprint density at radius 3 is 0.357 bits per heavy atom. The molecule has 0 heterocycles. The maximum Gasteiger partial charge on any atom is 3.00 e. The van der Waals surface area contributed by atoms with E-state index in [-0.39, 0.29) is 34.4 Å². The van der Waals surface area contributed by atoms with Crippen LogP contribution in [0.25, 0.3) is 0 Å². The first-order valence-electron chi connectivity index (χ1n) is 0.926. The molecule has 6 nitrogen and oxygen atoms in total. The van der Waals surface area contributed by atoms with Gasteiger partial charge >= 0.3 is 34.4 Å². The van der Waals surface area contributed by atoms with E-state index in [0.29, 0.717) is 0 Å². The van der Waals surface area contributed by atoms with Gasteiger partial charge in [-0.2, -0.15) is 0 Å². The van der Waals surface area contributed by atoms with E-state index in [9.17, 15) is 0 Å². The summed E-state index contributed by atoms with van der Waals surface area (Å²) in [6, 6.07) is 0. The normalized spacial score (nSPS) is 2.57. The summed E-state index contributed by atoms with van der Waals surface area (Å²) in [5, 5.41) is 0. The van der Waals surface area contributed by atoms with Crippen molar-refractivity contribution in [2.75, 3.05) is 0 Å². The smallest absolute Gasteiger partial charge is 0.769 e. The third-order valence-electron chi connectivity index (χ3n) is 0. The fourth-order valence-electron chi connectivity index (χ4n) is 0. The first kappa shape index (κ1) is 54.7. The molecule has 14 heavy (non-hydrogen) atoms. The molecule has 1 radical (unpaired) electrons. The van der Waals surface area contributed by atoms with Crippen molar-refractivity contribution in [3.63, 3.8) is 0 Å². The van der Waals surface area contributed by atoms with Crippen LogP contribution in [0.1, 0.15) is 0 Å². The first-order chi connectivity index (χ1) is 6.00. The minimum Gasteiger partial charge on any atom is -0.769 e.